The molecule has 0 aliphatic carbocycles. The second-order valence-corrected chi connectivity index (χ2v) is 5.32. The zero-order valence-electron chi connectivity index (χ0n) is 10.4. The molecule has 98 valence electrons. The van der Waals surface area contributed by atoms with Crippen LogP contribution in [0.15, 0.2) is 0 Å². The number of aliphatic hydroxyl groups excluding tert-OH is 1. The third-order valence-electron chi connectivity index (χ3n) is 2.31. The lowest BCUT2D eigenvalue weighted by molar-refractivity contribution is -0.139. The fourth-order valence-electron chi connectivity index (χ4n) is 1.74. The summed E-state index contributed by atoms with van der Waals surface area (Å²) in [6.07, 6.45) is -4.81. The van der Waals surface area contributed by atoms with Crippen LogP contribution in [0, 0.1) is 5.41 Å². The number of rotatable bonds is 6. The summed E-state index contributed by atoms with van der Waals surface area (Å²) >= 11 is 0. The lowest BCUT2D eigenvalue weighted by Gasteiger charge is -2.28. The highest BCUT2D eigenvalue weighted by molar-refractivity contribution is 4.76. The van der Waals surface area contributed by atoms with Gasteiger partial charge in [0.05, 0.1) is 12.5 Å². The first-order chi connectivity index (χ1) is 7.02. The highest BCUT2D eigenvalue weighted by Crippen LogP contribution is 2.24. The van der Waals surface area contributed by atoms with E-state index in [-0.39, 0.29) is 5.41 Å². The molecule has 2 nitrogen and oxygen atoms in total. The molecule has 2 N–H and O–H groups in total. The van der Waals surface area contributed by atoms with Crippen LogP contribution in [0.4, 0.5) is 13.2 Å². The summed E-state index contributed by atoms with van der Waals surface area (Å²) in [5.41, 5.74) is -0.200. The Kier molecular flexibility index (Phi) is 5.76. The number of halogens is 3. The van der Waals surface area contributed by atoms with Crippen molar-refractivity contribution in [1.82, 2.24) is 5.32 Å². The molecular formula is C11H22F3NO. The predicted octanol–water partition coefficient (Wildman–Crippen LogP) is 2.71. The first-order valence-electron chi connectivity index (χ1n) is 5.50. The van der Waals surface area contributed by atoms with E-state index < -0.39 is 24.7 Å². The van der Waals surface area contributed by atoms with Crippen LogP contribution >= 0.6 is 0 Å². The van der Waals surface area contributed by atoms with Crippen molar-refractivity contribution in [1.29, 1.82) is 0 Å². The minimum atomic E-state index is -4.12. The molecular weight excluding hydrogens is 219 g/mol. The van der Waals surface area contributed by atoms with Crippen LogP contribution < -0.4 is 5.32 Å². The van der Waals surface area contributed by atoms with Crippen molar-refractivity contribution < 1.29 is 18.3 Å². The molecule has 0 fully saturated rings. The first-order valence-corrected chi connectivity index (χ1v) is 5.50. The standard InChI is InChI=1S/C11H22F3NO/c1-8(5-11(12,13)14)15-7-10(3,4)6-9(2)16/h8-9,15-16H,5-7H2,1-4H3. The molecule has 0 bridgehead atoms. The van der Waals surface area contributed by atoms with Gasteiger partial charge in [-0.3, -0.25) is 0 Å². The summed E-state index contributed by atoms with van der Waals surface area (Å²) < 4.78 is 36.2. The Morgan fingerprint density at radius 1 is 1.12 bits per heavy atom. The Bertz CT molecular complexity index is 202. The van der Waals surface area contributed by atoms with Crippen LogP contribution in [0.2, 0.25) is 0 Å². The Hall–Kier alpha value is -0.290. The number of aliphatic hydroxyl groups is 1. The summed E-state index contributed by atoms with van der Waals surface area (Å²) in [6.45, 7) is 7.52. The van der Waals surface area contributed by atoms with Gasteiger partial charge in [-0.2, -0.15) is 13.2 Å². The molecule has 5 heteroatoms. The van der Waals surface area contributed by atoms with E-state index in [1.165, 1.54) is 6.92 Å². The molecule has 16 heavy (non-hydrogen) atoms. The summed E-state index contributed by atoms with van der Waals surface area (Å²) in [7, 11) is 0. The molecule has 0 rings (SSSR count). The van der Waals surface area contributed by atoms with E-state index in [1.54, 1.807) is 6.92 Å². The van der Waals surface area contributed by atoms with Gasteiger partial charge in [0.25, 0.3) is 0 Å². The van der Waals surface area contributed by atoms with Gasteiger partial charge in [0.15, 0.2) is 0 Å². The van der Waals surface area contributed by atoms with Crippen LogP contribution in [0.25, 0.3) is 0 Å². The quantitative estimate of drug-likeness (QED) is 0.749. The normalized spacial score (nSPS) is 17.2. The van der Waals surface area contributed by atoms with Crippen LogP contribution in [0.3, 0.4) is 0 Å². The molecule has 0 aromatic rings. The zero-order valence-corrected chi connectivity index (χ0v) is 10.4. The topological polar surface area (TPSA) is 32.3 Å². The average Bonchev–Trinajstić information content (AvgIpc) is 1.95. The Balaban J connectivity index is 3.95. The van der Waals surface area contributed by atoms with E-state index in [4.69, 9.17) is 0 Å². The van der Waals surface area contributed by atoms with Gasteiger partial charge in [-0.15, -0.1) is 0 Å². The van der Waals surface area contributed by atoms with Crippen LogP contribution in [0.5, 0.6) is 0 Å². The molecule has 0 saturated heterocycles. The fraction of sp³-hybridized carbons (Fsp3) is 1.00. The van der Waals surface area contributed by atoms with Gasteiger partial charge in [-0.05, 0) is 25.7 Å². The number of hydrogen-bond donors (Lipinski definition) is 2. The SMILES string of the molecule is CC(O)CC(C)(C)CNC(C)CC(F)(F)F. The first kappa shape index (κ1) is 15.7. The second-order valence-electron chi connectivity index (χ2n) is 5.32. The van der Waals surface area contributed by atoms with Crippen molar-refractivity contribution in [2.75, 3.05) is 6.54 Å². The smallest absolute Gasteiger partial charge is 0.390 e. The Morgan fingerprint density at radius 3 is 2.00 bits per heavy atom. The highest BCUT2D eigenvalue weighted by Gasteiger charge is 2.30. The minimum absolute atomic E-state index is 0.200. The number of nitrogens with one attached hydrogen (secondary N) is 1. The number of hydrogen-bond acceptors (Lipinski definition) is 2. The molecule has 2 unspecified atom stereocenters. The van der Waals surface area contributed by atoms with Gasteiger partial charge in [-0.1, -0.05) is 13.8 Å². The lowest BCUT2D eigenvalue weighted by Crippen LogP contribution is -2.39. The van der Waals surface area contributed by atoms with E-state index in [9.17, 15) is 18.3 Å². The van der Waals surface area contributed by atoms with E-state index in [1.807, 2.05) is 13.8 Å². The van der Waals surface area contributed by atoms with Gasteiger partial charge in [-0.25, -0.2) is 0 Å². The van der Waals surface area contributed by atoms with Crippen molar-refractivity contribution in [2.24, 2.45) is 5.41 Å². The molecule has 0 saturated carbocycles. The molecule has 0 aromatic carbocycles. The maximum atomic E-state index is 12.1. The van der Waals surface area contributed by atoms with Gasteiger partial charge >= 0.3 is 6.18 Å². The van der Waals surface area contributed by atoms with E-state index in [2.05, 4.69) is 5.32 Å². The van der Waals surface area contributed by atoms with Crippen molar-refractivity contribution in [3.63, 3.8) is 0 Å². The molecule has 0 spiro atoms. The Labute approximate surface area is 95.2 Å². The van der Waals surface area contributed by atoms with Crippen LogP contribution in [-0.2, 0) is 0 Å². The fourth-order valence-corrected chi connectivity index (χ4v) is 1.74. The summed E-state index contributed by atoms with van der Waals surface area (Å²) in [4.78, 5) is 0. The summed E-state index contributed by atoms with van der Waals surface area (Å²) in [5.74, 6) is 0. The molecule has 0 heterocycles. The van der Waals surface area contributed by atoms with E-state index >= 15 is 0 Å². The molecule has 0 amide bonds. The second kappa shape index (κ2) is 5.87. The average molecular weight is 241 g/mol. The van der Waals surface area contributed by atoms with Crippen molar-refractivity contribution in [3.05, 3.63) is 0 Å². The summed E-state index contributed by atoms with van der Waals surface area (Å²) in [5, 5.41) is 12.1. The largest absolute Gasteiger partial charge is 0.393 e. The van der Waals surface area contributed by atoms with E-state index in [0.29, 0.717) is 13.0 Å². The predicted molar refractivity (Wildman–Crippen MR) is 58.2 cm³/mol. The van der Waals surface area contributed by atoms with Crippen molar-refractivity contribution in [2.45, 2.75) is 58.9 Å². The molecule has 0 aliphatic rings. The minimum Gasteiger partial charge on any atom is -0.393 e. The van der Waals surface area contributed by atoms with Gasteiger partial charge in [0, 0.05) is 12.6 Å². The van der Waals surface area contributed by atoms with Gasteiger partial charge < -0.3 is 10.4 Å². The maximum absolute atomic E-state index is 12.1. The highest BCUT2D eigenvalue weighted by atomic mass is 19.4. The monoisotopic (exact) mass is 241 g/mol. The summed E-state index contributed by atoms with van der Waals surface area (Å²) in [6, 6.07) is -0.590. The molecule has 0 aliphatic heterocycles. The van der Waals surface area contributed by atoms with Gasteiger partial charge in [0.2, 0.25) is 0 Å². The van der Waals surface area contributed by atoms with Crippen LogP contribution in [0.1, 0.15) is 40.5 Å². The molecule has 0 aromatic heterocycles. The molecule has 0 radical (unpaired) electrons. The third-order valence-corrected chi connectivity index (χ3v) is 2.31. The van der Waals surface area contributed by atoms with Gasteiger partial charge in [0.1, 0.15) is 0 Å². The van der Waals surface area contributed by atoms with Crippen molar-refractivity contribution in [3.8, 4) is 0 Å². The van der Waals surface area contributed by atoms with E-state index in [0.717, 1.165) is 0 Å². The third kappa shape index (κ3) is 8.97. The zero-order chi connectivity index (χ0) is 13.0. The Morgan fingerprint density at radius 2 is 1.62 bits per heavy atom. The van der Waals surface area contributed by atoms with Crippen LogP contribution in [-0.4, -0.2) is 30.0 Å². The number of alkyl halides is 3. The maximum Gasteiger partial charge on any atom is 0.390 e. The molecule has 2 atom stereocenters. The van der Waals surface area contributed by atoms with Crippen molar-refractivity contribution >= 4 is 0 Å². The lowest BCUT2D eigenvalue weighted by atomic mass is 9.86.